The molecule has 1 aliphatic rings. The molecule has 0 saturated carbocycles. The number of esters is 1. The van der Waals surface area contributed by atoms with Crippen molar-refractivity contribution >= 4 is 32.8 Å². The van der Waals surface area contributed by atoms with Gasteiger partial charge in [-0.2, -0.15) is 0 Å². The molecule has 4 rings (SSSR count). The highest BCUT2D eigenvalue weighted by Crippen LogP contribution is 2.30. The van der Waals surface area contributed by atoms with Gasteiger partial charge in [-0.3, -0.25) is 0 Å². The van der Waals surface area contributed by atoms with E-state index in [0.29, 0.717) is 24.6 Å². The molecule has 0 amide bonds. The van der Waals surface area contributed by atoms with E-state index in [9.17, 15) is 30.8 Å². The number of sulfonamides is 1. The summed E-state index contributed by atoms with van der Waals surface area (Å²) in [5, 5.41) is 0.775. The van der Waals surface area contributed by atoms with Crippen LogP contribution >= 0.6 is 0 Å². The molecule has 0 atom stereocenters. The van der Waals surface area contributed by atoms with Gasteiger partial charge in [0.25, 0.3) is 0 Å². The number of ether oxygens (including phenoxy) is 1. The molecule has 176 valence electrons. The molecule has 1 aliphatic heterocycles. The van der Waals surface area contributed by atoms with Crippen molar-refractivity contribution in [1.82, 2.24) is 19.7 Å². The molecular weight excluding hydrogens is 470 g/mol. The van der Waals surface area contributed by atoms with Crippen LogP contribution < -0.4 is 9.62 Å². The van der Waals surface area contributed by atoms with Crippen LogP contribution in [-0.2, 0) is 14.8 Å². The van der Waals surface area contributed by atoms with E-state index in [1.807, 2.05) is 4.90 Å². The van der Waals surface area contributed by atoms with Gasteiger partial charge in [0.1, 0.15) is 23.4 Å². The number of rotatable bonds is 5. The standard InChI is InChI=1S/C19H17F4N5O4S/c1-32-19(29)11-12(20)14(22)16(15(23)13(11)21)33(30,31)27-9-3-6-28(7-4-9)18-10-2-5-24-17(10)25-8-26-18/h2,5,8-9,27H,3-4,6-7H2,1H3,(H,24,25,26). The van der Waals surface area contributed by atoms with Crippen LogP contribution in [0.5, 0.6) is 0 Å². The Hall–Kier alpha value is -3.26. The molecule has 3 heterocycles. The summed E-state index contributed by atoms with van der Waals surface area (Å²) in [6.45, 7) is 0.693. The summed E-state index contributed by atoms with van der Waals surface area (Å²) in [6.07, 6.45) is 3.54. The number of hydrogen-bond acceptors (Lipinski definition) is 7. The second kappa shape index (κ2) is 8.59. The number of anilines is 1. The maximum Gasteiger partial charge on any atom is 0.344 e. The largest absolute Gasteiger partial charge is 0.465 e. The summed E-state index contributed by atoms with van der Waals surface area (Å²) in [5.41, 5.74) is -1.02. The maximum atomic E-state index is 14.4. The fourth-order valence-corrected chi connectivity index (χ4v) is 5.17. The van der Waals surface area contributed by atoms with E-state index in [4.69, 9.17) is 0 Å². The van der Waals surface area contributed by atoms with E-state index >= 15 is 0 Å². The summed E-state index contributed by atoms with van der Waals surface area (Å²) >= 11 is 0. The number of aromatic amines is 1. The maximum absolute atomic E-state index is 14.4. The van der Waals surface area contributed by atoms with Crippen LogP contribution in [0, 0.1) is 23.3 Å². The second-order valence-corrected chi connectivity index (χ2v) is 8.92. The number of nitrogens with one attached hydrogen (secondary N) is 2. The van der Waals surface area contributed by atoms with Crippen molar-refractivity contribution in [2.45, 2.75) is 23.8 Å². The number of benzene rings is 1. The van der Waals surface area contributed by atoms with Gasteiger partial charge in [0, 0.05) is 25.3 Å². The smallest absolute Gasteiger partial charge is 0.344 e. The summed E-state index contributed by atoms with van der Waals surface area (Å²) in [6, 6.07) is 1.03. The van der Waals surface area contributed by atoms with Crippen LogP contribution in [0.3, 0.4) is 0 Å². The highest BCUT2D eigenvalue weighted by atomic mass is 32.2. The van der Waals surface area contributed by atoms with E-state index in [1.165, 1.54) is 6.33 Å². The minimum Gasteiger partial charge on any atom is -0.465 e. The number of fused-ring (bicyclic) bond motifs is 1. The van der Waals surface area contributed by atoms with Crippen LogP contribution in [0.1, 0.15) is 23.2 Å². The third kappa shape index (κ3) is 3.99. The molecule has 1 aromatic carbocycles. The number of nitrogens with zero attached hydrogens (tertiary/aromatic N) is 3. The minimum absolute atomic E-state index is 0.226. The predicted octanol–water partition coefficient (Wildman–Crippen LogP) is 2.25. The first-order chi connectivity index (χ1) is 15.7. The lowest BCUT2D eigenvalue weighted by Crippen LogP contribution is -2.45. The van der Waals surface area contributed by atoms with Gasteiger partial charge in [0.05, 0.1) is 12.5 Å². The average Bonchev–Trinajstić information content (AvgIpc) is 3.27. The number of halogens is 4. The Kier molecular flexibility index (Phi) is 5.97. The van der Waals surface area contributed by atoms with Crippen molar-refractivity contribution in [3.8, 4) is 0 Å². The minimum atomic E-state index is -5.00. The molecule has 9 nitrogen and oxygen atoms in total. The van der Waals surface area contributed by atoms with Gasteiger partial charge in [-0.15, -0.1) is 0 Å². The number of piperidine rings is 1. The lowest BCUT2D eigenvalue weighted by atomic mass is 10.1. The monoisotopic (exact) mass is 487 g/mol. The number of carbonyl (C=O) groups excluding carboxylic acids is 1. The summed E-state index contributed by atoms with van der Waals surface area (Å²) in [7, 11) is -4.26. The van der Waals surface area contributed by atoms with Gasteiger partial charge in [-0.1, -0.05) is 0 Å². The Morgan fingerprint density at radius 2 is 1.76 bits per heavy atom. The predicted molar refractivity (Wildman–Crippen MR) is 107 cm³/mol. The van der Waals surface area contributed by atoms with Gasteiger partial charge in [-0.25, -0.2) is 45.5 Å². The van der Waals surface area contributed by atoms with E-state index in [-0.39, 0.29) is 12.8 Å². The number of hydrogen-bond donors (Lipinski definition) is 2. The molecule has 0 radical (unpaired) electrons. The summed E-state index contributed by atoms with van der Waals surface area (Å²) < 4.78 is 88.6. The Morgan fingerprint density at radius 1 is 1.12 bits per heavy atom. The zero-order valence-corrected chi connectivity index (χ0v) is 17.8. The van der Waals surface area contributed by atoms with Crippen LogP contribution in [0.25, 0.3) is 11.0 Å². The number of methoxy groups -OCH3 is 1. The third-order valence-electron chi connectivity index (χ3n) is 5.33. The van der Waals surface area contributed by atoms with E-state index in [2.05, 4.69) is 24.4 Å². The molecule has 33 heavy (non-hydrogen) atoms. The molecular formula is C19H17F4N5O4S. The number of carbonyl (C=O) groups is 1. The highest BCUT2D eigenvalue weighted by molar-refractivity contribution is 7.89. The van der Waals surface area contributed by atoms with Crippen molar-refractivity contribution in [3.63, 3.8) is 0 Å². The van der Waals surface area contributed by atoms with E-state index in [0.717, 1.165) is 12.5 Å². The van der Waals surface area contributed by atoms with Gasteiger partial charge in [0.2, 0.25) is 10.0 Å². The second-order valence-electron chi connectivity index (χ2n) is 7.27. The van der Waals surface area contributed by atoms with Crippen molar-refractivity contribution in [1.29, 1.82) is 0 Å². The van der Waals surface area contributed by atoms with Gasteiger partial charge >= 0.3 is 5.97 Å². The molecule has 14 heteroatoms. The fraction of sp³-hybridized carbons (Fsp3) is 0.316. The van der Waals surface area contributed by atoms with Crippen LogP contribution in [0.2, 0.25) is 0 Å². The summed E-state index contributed by atoms with van der Waals surface area (Å²) in [5.74, 6) is -9.79. The highest BCUT2D eigenvalue weighted by Gasteiger charge is 2.37. The fourth-order valence-electron chi connectivity index (χ4n) is 3.73. The molecule has 2 N–H and O–H groups in total. The van der Waals surface area contributed by atoms with Crippen molar-refractivity contribution in [3.05, 3.63) is 47.4 Å². The Bertz CT molecular complexity index is 1310. The van der Waals surface area contributed by atoms with Crippen LogP contribution in [0.15, 0.2) is 23.5 Å². The van der Waals surface area contributed by atoms with Crippen molar-refractivity contribution < 1.29 is 35.5 Å². The average molecular weight is 487 g/mol. The first kappa shape index (κ1) is 22.9. The quantitative estimate of drug-likeness (QED) is 0.322. The van der Waals surface area contributed by atoms with E-state index < -0.39 is 55.8 Å². The Morgan fingerprint density at radius 3 is 2.36 bits per heavy atom. The zero-order valence-electron chi connectivity index (χ0n) is 17.0. The first-order valence-corrected chi connectivity index (χ1v) is 11.1. The number of H-pyrrole nitrogens is 1. The Balaban J connectivity index is 1.55. The van der Waals surface area contributed by atoms with E-state index in [1.54, 1.807) is 12.3 Å². The first-order valence-electron chi connectivity index (χ1n) is 9.65. The molecule has 0 bridgehead atoms. The lowest BCUT2D eigenvalue weighted by molar-refractivity contribution is 0.0586. The molecule has 0 aliphatic carbocycles. The Labute approximate surface area is 184 Å². The van der Waals surface area contributed by atoms with Crippen LogP contribution in [-0.4, -0.2) is 55.6 Å². The van der Waals surface area contributed by atoms with Gasteiger partial charge < -0.3 is 14.6 Å². The van der Waals surface area contributed by atoms with Crippen molar-refractivity contribution in [2.24, 2.45) is 0 Å². The molecule has 0 spiro atoms. The lowest BCUT2D eigenvalue weighted by Gasteiger charge is -2.33. The summed E-state index contributed by atoms with van der Waals surface area (Å²) in [4.78, 5) is 22.8. The zero-order chi connectivity index (χ0) is 23.9. The van der Waals surface area contributed by atoms with Crippen LogP contribution in [0.4, 0.5) is 23.4 Å². The van der Waals surface area contributed by atoms with Crippen molar-refractivity contribution in [2.75, 3.05) is 25.1 Å². The third-order valence-corrected chi connectivity index (χ3v) is 6.87. The van der Waals surface area contributed by atoms with Gasteiger partial charge in [-0.05, 0) is 18.9 Å². The molecule has 0 unspecified atom stereocenters. The molecule has 1 fully saturated rings. The SMILES string of the molecule is COC(=O)c1c(F)c(F)c(S(=O)(=O)NC2CCN(c3ncnc4[nH]ccc34)CC2)c(F)c1F. The molecule has 3 aromatic rings. The van der Waals surface area contributed by atoms with Gasteiger partial charge in [0.15, 0.2) is 28.2 Å². The number of aromatic nitrogens is 3. The molecule has 1 saturated heterocycles. The topological polar surface area (TPSA) is 117 Å². The normalized spacial score (nSPS) is 15.2. The molecule has 2 aromatic heterocycles.